The minimum atomic E-state index is -0.431. The Labute approximate surface area is 178 Å². The number of amides is 1. The van der Waals surface area contributed by atoms with Crippen molar-refractivity contribution in [1.82, 2.24) is 10.6 Å². The summed E-state index contributed by atoms with van der Waals surface area (Å²) in [5.74, 6) is 0.507. The van der Waals surface area contributed by atoms with E-state index in [0.717, 1.165) is 18.1 Å². The normalized spacial score (nSPS) is 11.3. The summed E-state index contributed by atoms with van der Waals surface area (Å²) in [4.78, 5) is 16.1. The van der Waals surface area contributed by atoms with E-state index >= 15 is 0 Å². The predicted molar refractivity (Wildman–Crippen MR) is 123 cm³/mol. The number of aliphatic imine (C=N–C) groups is 1. The fourth-order valence-corrected chi connectivity index (χ4v) is 3.33. The lowest BCUT2D eigenvalue weighted by Gasteiger charge is -2.20. The monoisotopic (exact) mass is 400 g/mol. The predicted octanol–water partition coefficient (Wildman–Crippen LogP) is 3.67. The number of carbonyl (C=O) groups excluding carboxylic acids is 1. The van der Waals surface area contributed by atoms with Gasteiger partial charge in [0.2, 0.25) is 5.91 Å². The molecule has 0 heterocycles. The van der Waals surface area contributed by atoms with E-state index in [9.17, 15) is 4.79 Å². The van der Waals surface area contributed by atoms with Crippen LogP contribution in [-0.2, 0) is 6.54 Å². The molecule has 0 saturated carbocycles. The number of hydrogen-bond donors (Lipinski definition) is 3. The van der Waals surface area contributed by atoms with Gasteiger partial charge in [0.15, 0.2) is 5.96 Å². The van der Waals surface area contributed by atoms with Crippen molar-refractivity contribution < 1.29 is 4.79 Å². The first kappa shape index (κ1) is 21.1. The van der Waals surface area contributed by atoms with E-state index in [1.807, 2.05) is 31.2 Å². The van der Waals surface area contributed by atoms with Crippen molar-refractivity contribution in [1.29, 1.82) is 0 Å². The van der Waals surface area contributed by atoms with E-state index in [1.54, 1.807) is 12.1 Å². The van der Waals surface area contributed by atoms with Gasteiger partial charge in [0.05, 0.1) is 6.54 Å². The van der Waals surface area contributed by atoms with Crippen LogP contribution in [0.15, 0.2) is 89.9 Å². The molecule has 3 aromatic carbocycles. The van der Waals surface area contributed by atoms with Crippen LogP contribution in [0.5, 0.6) is 0 Å². The van der Waals surface area contributed by atoms with Crippen molar-refractivity contribution in [2.24, 2.45) is 10.7 Å². The van der Waals surface area contributed by atoms with Gasteiger partial charge in [-0.2, -0.15) is 0 Å². The second kappa shape index (κ2) is 10.8. The van der Waals surface area contributed by atoms with Gasteiger partial charge < -0.3 is 16.4 Å². The van der Waals surface area contributed by atoms with Gasteiger partial charge in [-0.05, 0) is 35.7 Å². The maximum atomic E-state index is 11.4. The lowest BCUT2D eigenvalue weighted by atomic mass is 9.91. The van der Waals surface area contributed by atoms with Crippen LogP contribution in [0.3, 0.4) is 0 Å². The summed E-state index contributed by atoms with van der Waals surface area (Å²) in [6, 6.07) is 28.2. The van der Waals surface area contributed by atoms with Crippen LogP contribution in [-0.4, -0.2) is 25.0 Å². The van der Waals surface area contributed by atoms with E-state index < -0.39 is 5.91 Å². The highest BCUT2D eigenvalue weighted by Gasteiger charge is 2.14. The molecule has 0 unspecified atom stereocenters. The van der Waals surface area contributed by atoms with Gasteiger partial charge in [0, 0.05) is 24.6 Å². The Morgan fingerprint density at radius 3 is 2.10 bits per heavy atom. The third kappa shape index (κ3) is 5.95. The Balaban J connectivity index is 1.75. The third-order valence-electron chi connectivity index (χ3n) is 4.85. The Bertz CT molecular complexity index is 931. The van der Waals surface area contributed by atoms with Crippen molar-refractivity contribution in [3.8, 4) is 0 Å². The molecule has 0 saturated heterocycles. The molecule has 5 heteroatoms. The standard InChI is InChI=1S/C25H28N4O/c1-2-27-25(28-17-19-10-9-15-22(16-19)24(26)30)29-18-23(20-11-5-3-6-12-20)21-13-7-4-8-14-21/h3-16,23H,2,17-18H2,1H3,(H2,26,30)(H2,27,28,29). The fraction of sp³-hybridized carbons (Fsp3) is 0.200. The molecule has 0 atom stereocenters. The zero-order valence-electron chi connectivity index (χ0n) is 17.2. The molecule has 3 aromatic rings. The van der Waals surface area contributed by atoms with Gasteiger partial charge in [-0.15, -0.1) is 0 Å². The molecule has 4 N–H and O–H groups in total. The minimum absolute atomic E-state index is 0.203. The van der Waals surface area contributed by atoms with E-state index in [1.165, 1.54) is 11.1 Å². The van der Waals surface area contributed by atoms with Gasteiger partial charge in [0.25, 0.3) is 0 Å². The van der Waals surface area contributed by atoms with Crippen LogP contribution in [0.1, 0.15) is 39.9 Å². The maximum Gasteiger partial charge on any atom is 0.248 e. The topological polar surface area (TPSA) is 79.5 Å². The molecule has 30 heavy (non-hydrogen) atoms. The lowest BCUT2D eigenvalue weighted by molar-refractivity contribution is 0.1000. The number of nitrogens with two attached hydrogens (primary N) is 1. The number of rotatable bonds is 8. The largest absolute Gasteiger partial charge is 0.366 e. The average Bonchev–Trinajstić information content (AvgIpc) is 2.79. The van der Waals surface area contributed by atoms with E-state index in [2.05, 4.69) is 64.2 Å². The summed E-state index contributed by atoms with van der Waals surface area (Å²) in [6.07, 6.45) is 0. The molecule has 0 aliphatic carbocycles. The van der Waals surface area contributed by atoms with Crippen molar-refractivity contribution in [2.45, 2.75) is 19.4 Å². The number of carbonyl (C=O) groups is 1. The summed E-state index contributed by atoms with van der Waals surface area (Å²) in [6.45, 7) is 3.96. The highest BCUT2D eigenvalue weighted by molar-refractivity contribution is 5.92. The number of nitrogens with zero attached hydrogens (tertiary/aromatic N) is 1. The SMILES string of the molecule is CCNC(=NCc1cccc(C(N)=O)c1)NCC(c1ccccc1)c1ccccc1. The zero-order valence-corrected chi connectivity index (χ0v) is 17.2. The Morgan fingerprint density at radius 2 is 1.53 bits per heavy atom. The smallest absolute Gasteiger partial charge is 0.248 e. The summed E-state index contributed by atoms with van der Waals surface area (Å²) in [5, 5.41) is 6.77. The molecule has 0 aliphatic heterocycles. The molecule has 0 aromatic heterocycles. The second-order valence-corrected chi connectivity index (χ2v) is 7.01. The first-order chi connectivity index (χ1) is 14.7. The van der Waals surface area contributed by atoms with Crippen molar-refractivity contribution in [3.05, 3.63) is 107 Å². The van der Waals surface area contributed by atoms with Crippen molar-refractivity contribution in [3.63, 3.8) is 0 Å². The van der Waals surface area contributed by atoms with Crippen LogP contribution in [0, 0.1) is 0 Å². The third-order valence-corrected chi connectivity index (χ3v) is 4.85. The quantitative estimate of drug-likeness (QED) is 0.399. The van der Waals surface area contributed by atoms with Gasteiger partial charge in [0.1, 0.15) is 0 Å². The lowest BCUT2D eigenvalue weighted by Crippen LogP contribution is -2.39. The maximum absolute atomic E-state index is 11.4. The van der Waals surface area contributed by atoms with Gasteiger partial charge in [-0.1, -0.05) is 72.8 Å². The van der Waals surface area contributed by atoms with Crippen molar-refractivity contribution >= 4 is 11.9 Å². The van der Waals surface area contributed by atoms with Crippen LogP contribution in [0.4, 0.5) is 0 Å². The first-order valence-corrected chi connectivity index (χ1v) is 10.2. The number of benzene rings is 3. The summed E-state index contributed by atoms with van der Waals surface area (Å²) in [7, 11) is 0. The second-order valence-electron chi connectivity index (χ2n) is 7.01. The molecule has 0 fully saturated rings. The van der Waals surface area contributed by atoms with Gasteiger partial charge in [-0.25, -0.2) is 4.99 Å². The number of hydrogen-bond acceptors (Lipinski definition) is 2. The Kier molecular flexibility index (Phi) is 7.61. The summed E-state index contributed by atoms with van der Waals surface area (Å²) in [5.41, 5.74) is 9.31. The molecule has 3 rings (SSSR count). The Hall–Kier alpha value is -3.60. The molecular formula is C25H28N4O. The Morgan fingerprint density at radius 1 is 0.900 bits per heavy atom. The molecule has 5 nitrogen and oxygen atoms in total. The summed E-state index contributed by atoms with van der Waals surface area (Å²) >= 11 is 0. The highest BCUT2D eigenvalue weighted by atomic mass is 16.1. The molecule has 0 spiro atoms. The average molecular weight is 401 g/mol. The van der Waals surface area contributed by atoms with E-state index in [-0.39, 0.29) is 5.92 Å². The van der Waals surface area contributed by atoms with Crippen LogP contribution in [0.25, 0.3) is 0 Å². The molecule has 0 aliphatic rings. The first-order valence-electron chi connectivity index (χ1n) is 10.2. The molecule has 0 bridgehead atoms. The highest BCUT2D eigenvalue weighted by Crippen LogP contribution is 2.23. The van der Waals surface area contributed by atoms with Crippen LogP contribution < -0.4 is 16.4 Å². The molecule has 154 valence electrons. The number of nitrogens with one attached hydrogen (secondary N) is 2. The number of primary amides is 1. The molecular weight excluding hydrogens is 372 g/mol. The zero-order chi connectivity index (χ0) is 21.2. The van der Waals surface area contributed by atoms with Gasteiger partial charge >= 0.3 is 0 Å². The minimum Gasteiger partial charge on any atom is -0.366 e. The van der Waals surface area contributed by atoms with E-state index in [0.29, 0.717) is 18.7 Å². The van der Waals surface area contributed by atoms with Crippen LogP contribution in [0.2, 0.25) is 0 Å². The van der Waals surface area contributed by atoms with E-state index in [4.69, 9.17) is 5.73 Å². The number of guanidine groups is 1. The fourth-order valence-electron chi connectivity index (χ4n) is 3.33. The summed E-state index contributed by atoms with van der Waals surface area (Å²) < 4.78 is 0. The molecule has 1 amide bonds. The molecule has 0 radical (unpaired) electrons. The van der Waals surface area contributed by atoms with Gasteiger partial charge in [-0.3, -0.25) is 4.79 Å². The van der Waals surface area contributed by atoms with Crippen molar-refractivity contribution in [2.75, 3.05) is 13.1 Å². The van der Waals surface area contributed by atoms with Crippen LogP contribution >= 0.6 is 0 Å².